The van der Waals surface area contributed by atoms with Crippen molar-refractivity contribution in [2.24, 2.45) is 0 Å². The van der Waals surface area contributed by atoms with Crippen molar-refractivity contribution < 1.29 is 4.79 Å². The van der Waals surface area contributed by atoms with Crippen molar-refractivity contribution >= 4 is 35.1 Å². The number of carbonyl (C=O) groups is 1. The second kappa shape index (κ2) is 5.33. The topological polar surface area (TPSA) is 54.9 Å². The predicted octanol–water partition coefficient (Wildman–Crippen LogP) is 3.34. The number of hydrogen-bond donors (Lipinski definition) is 1. The van der Waals surface area contributed by atoms with Crippen molar-refractivity contribution in [3.63, 3.8) is 0 Å². The molecule has 0 aliphatic carbocycles. The van der Waals surface area contributed by atoms with Gasteiger partial charge in [0.25, 0.3) is 5.91 Å². The summed E-state index contributed by atoms with van der Waals surface area (Å²) in [5.41, 5.74) is 1.03. The molecule has 1 N–H and O–H groups in total. The van der Waals surface area contributed by atoms with Gasteiger partial charge in [-0.3, -0.25) is 10.1 Å². The summed E-state index contributed by atoms with van der Waals surface area (Å²) in [5, 5.41) is 3.19. The number of nitrogens with one attached hydrogen (secondary N) is 1. The molecule has 18 heavy (non-hydrogen) atoms. The summed E-state index contributed by atoms with van der Waals surface area (Å²) in [6.07, 6.45) is 0. The fourth-order valence-electron chi connectivity index (χ4n) is 1.40. The molecule has 6 heteroatoms. The van der Waals surface area contributed by atoms with Gasteiger partial charge in [-0.25, -0.2) is 9.97 Å². The van der Waals surface area contributed by atoms with Crippen molar-refractivity contribution in [1.29, 1.82) is 0 Å². The second-order valence-electron chi connectivity index (χ2n) is 3.59. The molecule has 92 valence electrons. The normalized spacial score (nSPS) is 10.2. The highest BCUT2D eigenvalue weighted by atomic mass is 35.5. The molecule has 4 nitrogen and oxygen atoms in total. The molecular weight excluding hydrogens is 273 g/mol. The maximum atomic E-state index is 11.9. The van der Waals surface area contributed by atoms with E-state index in [0.717, 1.165) is 0 Å². The van der Waals surface area contributed by atoms with E-state index >= 15 is 0 Å². The standard InChI is InChI=1S/C12H9Cl2N3O/c1-7-6-10(14)16-12(15-7)17-11(18)8-4-2-3-5-9(8)13/h2-6H,1H3,(H,15,16,17,18). The van der Waals surface area contributed by atoms with Gasteiger partial charge < -0.3 is 0 Å². The van der Waals surface area contributed by atoms with Gasteiger partial charge in [0.1, 0.15) is 5.15 Å². The van der Waals surface area contributed by atoms with Crippen LogP contribution in [0.1, 0.15) is 16.1 Å². The lowest BCUT2D eigenvalue weighted by molar-refractivity contribution is 0.102. The van der Waals surface area contributed by atoms with Crippen LogP contribution in [0, 0.1) is 6.92 Å². The summed E-state index contributed by atoms with van der Waals surface area (Å²) in [4.78, 5) is 19.9. The van der Waals surface area contributed by atoms with E-state index in [4.69, 9.17) is 23.2 Å². The molecule has 0 spiro atoms. The number of aromatic nitrogens is 2. The zero-order chi connectivity index (χ0) is 13.1. The zero-order valence-corrected chi connectivity index (χ0v) is 11.0. The lowest BCUT2D eigenvalue weighted by Gasteiger charge is -2.06. The summed E-state index contributed by atoms with van der Waals surface area (Å²) in [7, 11) is 0. The summed E-state index contributed by atoms with van der Waals surface area (Å²) in [6.45, 7) is 1.76. The van der Waals surface area contributed by atoms with Crippen LogP contribution in [0.25, 0.3) is 0 Å². The highest BCUT2D eigenvalue weighted by molar-refractivity contribution is 6.34. The van der Waals surface area contributed by atoms with Gasteiger partial charge in [0.05, 0.1) is 10.6 Å². The third-order valence-corrected chi connectivity index (χ3v) is 2.69. The molecule has 0 unspecified atom stereocenters. The number of hydrogen-bond acceptors (Lipinski definition) is 3. The minimum Gasteiger partial charge on any atom is -0.290 e. The molecule has 0 fully saturated rings. The quantitative estimate of drug-likeness (QED) is 0.859. The van der Waals surface area contributed by atoms with Gasteiger partial charge in [0.2, 0.25) is 5.95 Å². The Morgan fingerprint density at radius 2 is 1.94 bits per heavy atom. The van der Waals surface area contributed by atoms with Crippen molar-refractivity contribution in [2.75, 3.05) is 5.32 Å². The fraction of sp³-hybridized carbons (Fsp3) is 0.0833. The van der Waals surface area contributed by atoms with Gasteiger partial charge in [-0.15, -0.1) is 0 Å². The lowest BCUT2D eigenvalue weighted by atomic mass is 10.2. The molecule has 2 rings (SSSR count). The Labute approximate surface area is 114 Å². The number of rotatable bonds is 2. The Morgan fingerprint density at radius 3 is 2.61 bits per heavy atom. The van der Waals surface area contributed by atoms with Crippen LogP contribution in [0.2, 0.25) is 10.2 Å². The molecule has 0 saturated heterocycles. The van der Waals surface area contributed by atoms with Crippen molar-refractivity contribution in [3.05, 3.63) is 51.8 Å². The maximum Gasteiger partial charge on any atom is 0.259 e. The number of aryl methyl sites for hydroxylation is 1. The van der Waals surface area contributed by atoms with E-state index in [1.807, 2.05) is 0 Å². The highest BCUT2D eigenvalue weighted by Crippen LogP contribution is 2.16. The monoisotopic (exact) mass is 281 g/mol. The Balaban J connectivity index is 2.24. The van der Waals surface area contributed by atoms with E-state index in [9.17, 15) is 4.79 Å². The van der Waals surface area contributed by atoms with Gasteiger partial charge in [-0.05, 0) is 25.1 Å². The van der Waals surface area contributed by atoms with E-state index < -0.39 is 0 Å². The van der Waals surface area contributed by atoms with E-state index in [2.05, 4.69) is 15.3 Å². The predicted molar refractivity (Wildman–Crippen MR) is 71.2 cm³/mol. The summed E-state index contributed by atoms with van der Waals surface area (Å²) >= 11 is 11.7. The molecule has 0 radical (unpaired) electrons. The minimum absolute atomic E-state index is 0.157. The van der Waals surface area contributed by atoms with Gasteiger partial charge in [-0.1, -0.05) is 35.3 Å². The SMILES string of the molecule is Cc1cc(Cl)nc(NC(=O)c2ccccc2Cl)n1. The van der Waals surface area contributed by atoms with Gasteiger partial charge in [-0.2, -0.15) is 0 Å². The number of nitrogens with zero attached hydrogens (tertiary/aromatic N) is 2. The Morgan fingerprint density at radius 1 is 1.22 bits per heavy atom. The lowest BCUT2D eigenvalue weighted by Crippen LogP contribution is -2.15. The van der Waals surface area contributed by atoms with Crippen LogP contribution >= 0.6 is 23.2 Å². The molecule has 1 aromatic carbocycles. The molecule has 0 aliphatic rings. The first-order chi connectivity index (χ1) is 8.56. The van der Waals surface area contributed by atoms with Crippen LogP contribution in [0.3, 0.4) is 0 Å². The average molecular weight is 282 g/mol. The first-order valence-electron chi connectivity index (χ1n) is 5.13. The van der Waals surface area contributed by atoms with Crippen molar-refractivity contribution in [1.82, 2.24) is 9.97 Å². The van der Waals surface area contributed by atoms with Crippen LogP contribution in [-0.2, 0) is 0 Å². The molecule has 1 aromatic heterocycles. The van der Waals surface area contributed by atoms with E-state index in [-0.39, 0.29) is 17.0 Å². The van der Waals surface area contributed by atoms with Gasteiger partial charge in [0, 0.05) is 5.69 Å². The van der Waals surface area contributed by atoms with Crippen molar-refractivity contribution in [2.45, 2.75) is 6.92 Å². The summed E-state index contributed by atoms with van der Waals surface area (Å²) in [5.74, 6) is -0.216. The average Bonchev–Trinajstić information content (AvgIpc) is 2.27. The Hall–Kier alpha value is -1.65. The van der Waals surface area contributed by atoms with Crippen LogP contribution < -0.4 is 5.32 Å². The first-order valence-corrected chi connectivity index (χ1v) is 5.89. The van der Waals surface area contributed by atoms with Crippen LogP contribution in [-0.4, -0.2) is 15.9 Å². The van der Waals surface area contributed by atoms with Gasteiger partial charge in [0.15, 0.2) is 0 Å². The van der Waals surface area contributed by atoms with E-state index in [1.54, 1.807) is 37.3 Å². The van der Waals surface area contributed by atoms with Crippen LogP contribution in [0.4, 0.5) is 5.95 Å². The Bertz CT molecular complexity index is 581. The van der Waals surface area contributed by atoms with Crippen LogP contribution in [0.15, 0.2) is 30.3 Å². The largest absolute Gasteiger partial charge is 0.290 e. The maximum absolute atomic E-state index is 11.9. The number of benzene rings is 1. The molecular formula is C12H9Cl2N3O. The molecule has 0 saturated carbocycles. The third kappa shape index (κ3) is 2.97. The highest BCUT2D eigenvalue weighted by Gasteiger charge is 2.11. The number of carbonyl (C=O) groups excluding carboxylic acids is 1. The van der Waals surface area contributed by atoms with E-state index in [0.29, 0.717) is 16.3 Å². The zero-order valence-electron chi connectivity index (χ0n) is 9.45. The van der Waals surface area contributed by atoms with Crippen molar-refractivity contribution in [3.8, 4) is 0 Å². The molecule has 0 aliphatic heterocycles. The minimum atomic E-state index is -0.373. The molecule has 1 heterocycles. The van der Waals surface area contributed by atoms with Crippen LogP contribution in [0.5, 0.6) is 0 Å². The second-order valence-corrected chi connectivity index (χ2v) is 4.38. The smallest absolute Gasteiger partial charge is 0.259 e. The summed E-state index contributed by atoms with van der Waals surface area (Å²) < 4.78 is 0. The molecule has 1 amide bonds. The molecule has 0 atom stereocenters. The number of halogens is 2. The first kappa shape index (κ1) is 12.8. The Kier molecular flexibility index (Phi) is 3.79. The molecule has 2 aromatic rings. The third-order valence-electron chi connectivity index (χ3n) is 2.17. The van der Waals surface area contributed by atoms with E-state index in [1.165, 1.54) is 0 Å². The fourth-order valence-corrected chi connectivity index (χ4v) is 1.86. The molecule has 0 bridgehead atoms. The number of amides is 1. The van der Waals surface area contributed by atoms with Gasteiger partial charge >= 0.3 is 0 Å². The number of anilines is 1. The summed E-state index contributed by atoms with van der Waals surface area (Å²) in [6, 6.07) is 8.34.